The van der Waals surface area contributed by atoms with Crippen molar-refractivity contribution < 1.29 is 4.79 Å². The molecule has 1 fully saturated rings. The number of hydrogen-bond donors (Lipinski definition) is 2. The van der Waals surface area contributed by atoms with Gasteiger partial charge in [-0.15, -0.1) is 0 Å². The molecule has 1 aliphatic heterocycles. The lowest BCUT2D eigenvalue weighted by Gasteiger charge is -2.37. The maximum Gasteiger partial charge on any atom is 0.247 e. The van der Waals surface area contributed by atoms with Gasteiger partial charge < -0.3 is 15.6 Å². The van der Waals surface area contributed by atoms with Crippen LogP contribution in [0.5, 0.6) is 0 Å². The van der Waals surface area contributed by atoms with Gasteiger partial charge in [0.05, 0.1) is 6.04 Å². The van der Waals surface area contributed by atoms with E-state index in [1.54, 1.807) is 24.0 Å². The van der Waals surface area contributed by atoms with Crippen LogP contribution < -0.4 is 11.3 Å². The van der Waals surface area contributed by atoms with Gasteiger partial charge in [0.1, 0.15) is 0 Å². The number of H-pyrrole nitrogens is 1. The van der Waals surface area contributed by atoms with Gasteiger partial charge in [-0.25, -0.2) is 0 Å². The molecule has 3 N–H and O–H groups in total. The minimum Gasteiger partial charge on any atom is -0.341 e. The molecular weight excluding hydrogens is 310 g/mol. The minimum atomic E-state index is -0.465. The van der Waals surface area contributed by atoms with Crippen LogP contribution in [0.15, 0.2) is 23.1 Å². The summed E-state index contributed by atoms with van der Waals surface area (Å²) in [5.74, 6) is 0.613. The highest BCUT2D eigenvalue weighted by molar-refractivity contribution is 8.00. The molecule has 1 atom stereocenters. The summed E-state index contributed by atoms with van der Waals surface area (Å²) in [6, 6.07) is 2.98. The van der Waals surface area contributed by atoms with Crippen molar-refractivity contribution in [3.63, 3.8) is 0 Å². The first-order chi connectivity index (χ1) is 10.8. The predicted octanol–water partition coefficient (Wildman–Crippen LogP) is 1.62. The van der Waals surface area contributed by atoms with Gasteiger partial charge in [-0.3, -0.25) is 9.59 Å². The Bertz CT molecular complexity index is 571. The number of amides is 1. The number of nitrogens with zero attached hydrogens (tertiary/aromatic N) is 1. The molecule has 2 rings (SSSR count). The number of likely N-dealkylation sites (tertiary alicyclic amines) is 1. The molecule has 1 aromatic rings. The molecule has 6 heteroatoms. The second kappa shape index (κ2) is 7.53. The summed E-state index contributed by atoms with van der Waals surface area (Å²) >= 11 is 1.63. The molecule has 0 aliphatic carbocycles. The first-order valence-electron chi connectivity index (χ1n) is 8.10. The number of aromatic nitrogens is 1. The van der Waals surface area contributed by atoms with E-state index in [9.17, 15) is 9.59 Å². The van der Waals surface area contributed by atoms with Gasteiger partial charge in [-0.2, -0.15) is 11.8 Å². The van der Waals surface area contributed by atoms with Gasteiger partial charge in [0, 0.05) is 30.1 Å². The fourth-order valence-electron chi connectivity index (χ4n) is 2.88. The Morgan fingerprint density at radius 2 is 2.09 bits per heavy atom. The van der Waals surface area contributed by atoms with Gasteiger partial charge in [0.25, 0.3) is 0 Å². The number of nitrogens with one attached hydrogen (secondary N) is 1. The van der Waals surface area contributed by atoms with Crippen LogP contribution in [0.25, 0.3) is 0 Å². The molecule has 2 heterocycles. The smallest absolute Gasteiger partial charge is 0.247 e. The highest BCUT2D eigenvalue weighted by Crippen LogP contribution is 2.27. The third kappa shape index (κ3) is 4.61. The molecule has 1 saturated heterocycles. The highest BCUT2D eigenvalue weighted by Gasteiger charge is 2.35. The monoisotopic (exact) mass is 337 g/mol. The molecule has 0 saturated carbocycles. The van der Waals surface area contributed by atoms with Crippen molar-refractivity contribution in [2.75, 3.05) is 19.3 Å². The minimum absolute atomic E-state index is 0.0619. The fourth-order valence-corrected chi connectivity index (χ4v) is 3.24. The highest BCUT2D eigenvalue weighted by atomic mass is 32.2. The van der Waals surface area contributed by atoms with E-state index in [1.165, 1.54) is 0 Å². The molecule has 0 aromatic carbocycles. The number of nitrogens with two attached hydrogens (primary N) is 1. The SMILES string of the molecule is CSC(C)(C)[C@H](N)C(=O)N1CCC(Cc2ccc(=O)[nH]c2)CC1. The second-order valence-electron chi connectivity index (χ2n) is 6.82. The van der Waals surface area contributed by atoms with Crippen molar-refractivity contribution in [3.05, 3.63) is 34.2 Å². The Balaban J connectivity index is 1.87. The maximum atomic E-state index is 12.6. The summed E-state index contributed by atoms with van der Waals surface area (Å²) < 4.78 is -0.246. The molecule has 0 bridgehead atoms. The van der Waals surface area contributed by atoms with Crippen molar-refractivity contribution in [1.29, 1.82) is 0 Å². The normalized spacial score (nSPS) is 18.0. The largest absolute Gasteiger partial charge is 0.341 e. The number of thioether (sulfide) groups is 1. The molecule has 1 amide bonds. The molecule has 23 heavy (non-hydrogen) atoms. The maximum absolute atomic E-state index is 12.6. The number of piperidine rings is 1. The Morgan fingerprint density at radius 1 is 1.43 bits per heavy atom. The predicted molar refractivity (Wildman–Crippen MR) is 95.6 cm³/mol. The summed E-state index contributed by atoms with van der Waals surface area (Å²) in [5, 5.41) is 0. The van der Waals surface area contributed by atoms with Crippen LogP contribution in [-0.4, -0.2) is 45.9 Å². The van der Waals surface area contributed by atoms with E-state index in [2.05, 4.69) is 4.98 Å². The summed E-state index contributed by atoms with van der Waals surface area (Å²) in [5.41, 5.74) is 7.24. The van der Waals surface area contributed by atoms with Crippen LogP contribution >= 0.6 is 11.8 Å². The molecule has 0 unspecified atom stereocenters. The lowest BCUT2D eigenvalue weighted by Crippen LogP contribution is -2.54. The lowest BCUT2D eigenvalue weighted by atomic mass is 9.90. The number of rotatable bonds is 5. The summed E-state index contributed by atoms with van der Waals surface area (Å²) in [6.45, 7) is 5.57. The van der Waals surface area contributed by atoms with E-state index in [0.29, 0.717) is 5.92 Å². The third-order valence-electron chi connectivity index (χ3n) is 4.84. The molecule has 128 valence electrons. The average molecular weight is 337 g/mol. The molecule has 1 aliphatic rings. The Hall–Kier alpha value is -1.27. The van der Waals surface area contributed by atoms with Crippen molar-refractivity contribution in [3.8, 4) is 0 Å². The van der Waals surface area contributed by atoms with Crippen LogP contribution in [0.2, 0.25) is 0 Å². The molecular formula is C17H27N3O2S. The Kier molecular flexibility index (Phi) is 5.92. The third-order valence-corrected chi connectivity index (χ3v) is 6.15. The van der Waals surface area contributed by atoms with Gasteiger partial charge >= 0.3 is 0 Å². The Morgan fingerprint density at radius 3 is 2.61 bits per heavy atom. The van der Waals surface area contributed by atoms with Crippen LogP contribution in [-0.2, 0) is 11.2 Å². The van der Waals surface area contributed by atoms with Crippen molar-refractivity contribution >= 4 is 17.7 Å². The Labute approximate surface area is 142 Å². The zero-order valence-corrected chi connectivity index (χ0v) is 15.0. The van der Waals surface area contributed by atoms with E-state index >= 15 is 0 Å². The summed E-state index contributed by atoms with van der Waals surface area (Å²) in [6.07, 6.45) is 6.69. The fraction of sp³-hybridized carbons (Fsp3) is 0.647. The van der Waals surface area contributed by atoms with Crippen molar-refractivity contribution in [2.45, 2.75) is 43.9 Å². The number of hydrogen-bond acceptors (Lipinski definition) is 4. The van der Waals surface area contributed by atoms with E-state index < -0.39 is 6.04 Å². The van der Waals surface area contributed by atoms with Crippen molar-refractivity contribution in [2.24, 2.45) is 11.7 Å². The van der Waals surface area contributed by atoms with Gasteiger partial charge in [-0.05, 0) is 50.8 Å². The van der Waals surface area contributed by atoms with Crippen LogP contribution in [0, 0.1) is 5.92 Å². The number of carbonyl (C=O) groups is 1. The van der Waals surface area contributed by atoms with E-state index in [-0.39, 0.29) is 16.2 Å². The first-order valence-corrected chi connectivity index (χ1v) is 9.33. The van der Waals surface area contributed by atoms with E-state index in [0.717, 1.165) is 37.9 Å². The summed E-state index contributed by atoms with van der Waals surface area (Å²) in [7, 11) is 0. The number of carbonyl (C=O) groups excluding carboxylic acids is 1. The summed E-state index contributed by atoms with van der Waals surface area (Å²) in [4.78, 5) is 28.3. The van der Waals surface area contributed by atoms with Crippen LogP contribution in [0.3, 0.4) is 0 Å². The van der Waals surface area contributed by atoms with Crippen molar-refractivity contribution in [1.82, 2.24) is 9.88 Å². The molecule has 0 radical (unpaired) electrons. The average Bonchev–Trinajstić information content (AvgIpc) is 2.56. The van der Waals surface area contributed by atoms with Gasteiger partial charge in [0.15, 0.2) is 0 Å². The quantitative estimate of drug-likeness (QED) is 0.856. The zero-order valence-electron chi connectivity index (χ0n) is 14.2. The number of pyridine rings is 1. The van der Waals surface area contributed by atoms with Crippen LogP contribution in [0.1, 0.15) is 32.3 Å². The van der Waals surface area contributed by atoms with Gasteiger partial charge in [0.2, 0.25) is 11.5 Å². The van der Waals surface area contributed by atoms with Gasteiger partial charge in [-0.1, -0.05) is 6.07 Å². The lowest BCUT2D eigenvalue weighted by molar-refractivity contribution is -0.134. The molecule has 1 aromatic heterocycles. The van der Waals surface area contributed by atoms with E-state index in [1.807, 2.05) is 31.1 Å². The molecule has 0 spiro atoms. The van der Waals surface area contributed by atoms with Crippen LogP contribution in [0.4, 0.5) is 0 Å². The second-order valence-corrected chi connectivity index (χ2v) is 8.28. The zero-order chi connectivity index (χ0) is 17.0. The number of aromatic amines is 1. The standard InChI is InChI=1S/C17H27N3O2S/c1-17(2,23-3)15(18)16(22)20-8-6-12(7-9-20)10-13-4-5-14(21)19-11-13/h4-5,11-12,15H,6-10,18H2,1-3H3,(H,19,21)/t15-/m1/s1. The molecule has 5 nitrogen and oxygen atoms in total. The van der Waals surface area contributed by atoms with E-state index in [4.69, 9.17) is 5.73 Å². The topological polar surface area (TPSA) is 79.2 Å². The first kappa shape index (κ1) is 18.1.